The Hall–Kier alpha value is -2.12. The van der Waals surface area contributed by atoms with Gasteiger partial charge in [-0.25, -0.2) is 4.39 Å². The first-order valence-electron chi connectivity index (χ1n) is 8.01. The first-order chi connectivity index (χ1) is 13.4. The Balaban J connectivity index is 1.62. The molecule has 1 amide bonds. The highest BCUT2D eigenvalue weighted by Crippen LogP contribution is 2.37. The molecular weight excluding hydrogens is 440 g/mol. The van der Waals surface area contributed by atoms with Crippen LogP contribution in [0.1, 0.15) is 5.76 Å². The molecule has 1 aliphatic heterocycles. The molecule has 0 unspecified atom stereocenters. The number of benzene rings is 2. The smallest absolute Gasteiger partial charge is 0.270 e. The van der Waals surface area contributed by atoms with Crippen LogP contribution in [0.25, 0.3) is 17.4 Å². The van der Waals surface area contributed by atoms with Crippen LogP contribution in [-0.4, -0.2) is 10.2 Å². The summed E-state index contributed by atoms with van der Waals surface area (Å²) in [6.45, 7) is 0. The lowest BCUT2D eigenvalue weighted by atomic mass is 10.2. The number of hydrogen-bond donors (Lipinski definition) is 0. The fourth-order valence-electron chi connectivity index (χ4n) is 2.70. The molecule has 1 aromatic heterocycles. The van der Waals surface area contributed by atoms with Gasteiger partial charge >= 0.3 is 0 Å². The fraction of sp³-hybridized carbons (Fsp3) is 0. The number of carbonyl (C=O) groups is 1. The molecule has 3 nitrogen and oxygen atoms in total. The third-order valence-corrected chi connectivity index (χ3v) is 5.81. The van der Waals surface area contributed by atoms with Crippen LogP contribution in [0.2, 0.25) is 10.0 Å². The van der Waals surface area contributed by atoms with E-state index in [-0.39, 0.29) is 5.91 Å². The van der Waals surface area contributed by atoms with Crippen molar-refractivity contribution in [3.63, 3.8) is 0 Å². The number of nitrogens with zero attached hydrogens (tertiary/aromatic N) is 1. The first-order valence-corrected chi connectivity index (χ1v) is 9.99. The van der Waals surface area contributed by atoms with Gasteiger partial charge in [0.1, 0.15) is 17.3 Å². The lowest BCUT2D eigenvalue weighted by Gasteiger charge is -2.14. The molecule has 3 aromatic rings. The van der Waals surface area contributed by atoms with E-state index >= 15 is 0 Å². The Bertz CT molecular complexity index is 1140. The molecule has 28 heavy (non-hydrogen) atoms. The number of hydrogen-bond acceptors (Lipinski definition) is 4. The second-order valence-electron chi connectivity index (χ2n) is 5.82. The van der Waals surface area contributed by atoms with E-state index in [0.717, 1.165) is 11.8 Å². The average Bonchev–Trinajstić information content (AvgIpc) is 3.20. The van der Waals surface area contributed by atoms with Gasteiger partial charge in [0, 0.05) is 16.7 Å². The van der Waals surface area contributed by atoms with Crippen LogP contribution in [0.4, 0.5) is 10.1 Å². The molecule has 1 saturated heterocycles. The van der Waals surface area contributed by atoms with E-state index in [1.807, 2.05) is 0 Å². The Labute approximate surface area is 179 Å². The highest BCUT2D eigenvalue weighted by molar-refractivity contribution is 8.27. The number of anilines is 1. The van der Waals surface area contributed by atoms with Gasteiger partial charge in [0.05, 0.1) is 15.6 Å². The van der Waals surface area contributed by atoms with Gasteiger partial charge in [-0.3, -0.25) is 9.69 Å². The summed E-state index contributed by atoms with van der Waals surface area (Å²) in [6, 6.07) is 14.3. The quantitative estimate of drug-likeness (QED) is 0.325. The van der Waals surface area contributed by atoms with Crippen molar-refractivity contribution in [2.75, 3.05) is 4.90 Å². The molecule has 2 heterocycles. The molecule has 0 N–H and O–H groups in total. The molecule has 0 aliphatic carbocycles. The van der Waals surface area contributed by atoms with Crippen molar-refractivity contribution in [3.05, 3.63) is 81.1 Å². The Morgan fingerprint density at radius 3 is 2.68 bits per heavy atom. The van der Waals surface area contributed by atoms with Crippen molar-refractivity contribution in [1.29, 1.82) is 0 Å². The summed E-state index contributed by atoms with van der Waals surface area (Å²) in [4.78, 5) is 14.4. The van der Waals surface area contributed by atoms with Gasteiger partial charge in [0.25, 0.3) is 5.91 Å². The molecule has 140 valence electrons. The van der Waals surface area contributed by atoms with E-state index < -0.39 is 5.82 Å². The number of furan rings is 1. The molecule has 1 aliphatic rings. The second-order valence-corrected chi connectivity index (χ2v) is 8.34. The van der Waals surface area contributed by atoms with Crippen LogP contribution in [0.15, 0.2) is 63.9 Å². The number of rotatable bonds is 3. The summed E-state index contributed by atoms with van der Waals surface area (Å²) in [5.74, 6) is 0.253. The molecule has 0 spiro atoms. The number of thioether (sulfide) groups is 1. The zero-order chi connectivity index (χ0) is 19.8. The van der Waals surface area contributed by atoms with Gasteiger partial charge in [-0.15, -0.1) is 0 Å². The Morgan fingerprint density at radius 2 is 1.93 bits per heavy atom. The van der Waals surface area contributed by atoms with Crippen LogP contribution in [0.5, 0.6) is 0 Å². The van der Waals surface area contributed by atoms with Crippen LogP contribution in [-0.2, 0) is 4.79 Å². The summed E-state index contributed by atoms with van der Waals surface area (Å²) in [5.41, 5.74) is 1.08. The van der Waals surface area contributed by atoms with Crippen molar-refractivity contribution in [1.82, 2.24) is 0 Å². The number of carbonyl (C=O) groups excluding carboxylic acids is 1. The van der Waals surface area contributed by atoms with Gasteiger partial charge in [-0.1, -0.05) is 53.2 Å². The Kier molecular flexibility index (Phi) is 5.29. The van der Waals surface area contributed by atoms with Crippen molar-refractivity contribution in [2.45, 2.75) is 0 Å². The largest absolute Gasteiger partial charge is 0.457 e. The summed E-state index contributed by atoms with van der Waals surface area (Å²) in [6.07, 6.45) is 1.60. The number of amides is 1. The molecule has 0 radical (unpaired) electrons. The molecule has 0 bridgehead atoms. The fourth-order valence-corrected chi connectivity index (χ4v) is 4.48. The highest BCUT2D eigenvalue weighted by Gasteiger charge is 2.33. The molecule has 1 fully saturated rings. The molecule has 0 saturated carbocycles. The lowest BCUT2D eigenvalue weighted by Crippen LogP contribution is -2.27. The second kappa shape index (κ2) is 7.72. The van der Waals surface area contributed by atoms with Crippen molar-refractivity contribution in [2.24, 2.45) is 0 Å². The average molecular weight is 450 g/mol. The maximum atomic E-state index is 13.5. The number of thiocarbonyl (C=S) groups is 1. The standard InChI is InChI=1S/C20H10Cl2FNO2S2/c21-11-4-6-15(16(22)8-11)17-7-5-14(26-17)10-18-19(25)24(20(27)28-18)13-3-1-2-12(23)9-13/h1-10H/b18-10+. The summed E-state index contributed by atoms with van der Waals surface area (Å²) in [5, 5.41) is 0.993. The molecule has 8 heteroatoms. The first kappa shape index (κ1) is 19.2. The third kappa shape index (κ3) is 3.73. The van der Waals surface area contributed by atoms with Crippen molar-refractivity contribution in [3.8, 4) is 11.3 Å². The minimum Gasteiger partial charge on any atom is -0.457 e. The predicted molar refractivity (Wildman–Crippen MR) is 116 cm³/mol. The molecule has 2 aromatic carbocycles. The van der Waals surface area contributed by atoms with Gasteiger partial charge in [-0.2, -0.15) is 0 Å². The van der Waals surface area contributed by atoms with E-state index in [2.05, 4.69) is 0 Å². The van der Waals surface area contributed by atoms with Gasteiger partial charge in [0.2, 0.25) is 0 Å². The third-order valence-electron chi connectivity index (χ3n) is 3.96. The van der Waals surface area contributed by atoms with Crippen molar-refractivity contribution < 1.29 is 13.6 Å². The molecular formula is C20H10Cl2FNO2S2. The highest BCUT2D eigenvalue weighted by atomic mass is 35.5. The van der Waals surface area contributed by atoms with E-state index in [9.17, 15) is 9.18 Å². The zero-order valence-electron chi connectivity index (χ0n) is 14.0. The van der Waals surface area contributed by atoms with E-state index in [4.69, 9.17) is 39.8 Å². The molecule has 4 rings (SSSR count). The lowest BCUT2D eigenvalue weighted by molar-refractivity contribution is -0.113. The van der Waals surface area contributed by atoms with Gasteiger partial charge < -0.3 is 4.42 Å². The van der Waals surface area contributed by atoms with Crippen LogP contribution >= 0.6 is 47.2 Å². The molecule has 0 atom stereocenters. The van der Waals surface area contributed by atoms with Crippen LogP contribution < -0.4 is 4.90 Å². The van der Waals surface area contributed by atoms with Crippen LogP contribution in [0.3, 0.4) is 0 Å². The summed E-state index contributed by atoms with van der Waals surface area (Å²) < 4.78 is 19.6. The maximum Gasteiger partial charge on any atom is 0.270 e. The van der Waals surface area contributed by atoms with E-state index in [0.29, 0.717) is 42.0 Å². The monoisotopic (exact) mass is 449 g/mol. The topological polar surface area (TPSA) is 33.5 Å². The van der Waals surface area contributed by atoms with Gasteiger partial charge in [-0.05, 0) is 48.5 Å². The minimum absolute atomic E-state index is 0.328. The Morgan fingerprint density at radius 1 is 1.11 bits per heavy atom. The zero-order valence-corrected chi connectivity index (χ0v) is 17.1. The normalized spacial score (nSPS) is 15.7. The SMILES string of the molecule is O=C1/C(=C\c2ccc(-c3ccc(Cl)cc3Cl)o2)SC(=S)N1c1cccc(F)c1. The number of halogens is 3. The minimum atomic E-state index is -0.439. The van der Waals surface area contributed by atoms with E-state index in [1.165, 1.54) is 23.1 Å². The predicted octanol–water partition coefficient (Wildman–Crippen LogP) is 6.80. The van der Waals surface area contributed by atoms with Gasteiger partial charge in [0.15, 0.2) is 4.32 Å². The van der Waals surface area contributed by atoms with Crippen LogP contribution in [0, 0.1) is 5.82 Å². The summed E-state index contributed by atoms with van der Waals surface area (Å²) >= 11 is 18.6. The van der Waals surface area contributed by atoms with Crippen molar-refractivity contribution >= 4 is 69.2 Å². The summed E-state index contributed by atoms with van der Waals surface area (Å²) in [7, 11) is 0. The van der Waals surface area contributed by atoms with E-state index in [1.54, 1.807) is 42.5 Å². The maximum absolute atomic E-state index is 13.5.